The van der Waals surface area contributed by atoms with Crippen molar-refractivity contribution in [3.63, 3.8) is 0 Å². The second-order valence-corrected chi connectivity index (χ2v) is 4.91. The molecule has 0 aliphatic rings. The molecule has 0 saturated heterocycles. The fourth-order valence-electron chi connectivity index (χ4n) is 1.64. The van der Waals surface area contributed by atoms with Gasteiger partial charge in [-0.15, -0.1) is 0 Å². The van der Waals surface area contributed by atoms with Crippen LogP contribution in [0, 0.1) is 16.0 Å². The van der Waals surface area contributed by atoms with Crippen LogP contribution >= 0.6 is 0 Å². The minimum absolute atomic E-state index is 0.000953. The molecule has 1 aromatic carbocycles. The topological polar surface area (TPSA) is 84.6 Å². The molecule has 2 unspecified atom stereocenters. The lowest BCUT2D eigenvalue weighted by molar-refractivity contribution is -0.384. The van der Waals surface area contributed by atoms with Crippen molar-refractivity contribution in [1.82, 2.24) is 0 Å². The van der Waals surface area contributed by atoms with Gasteiger partial charge in [0.2, 0.25) is 0 Å². The number of non-ortho nitro benzene ring substituents is 1. The van der Waals surface area contributed by atoms with Crippen molar-refractivity contribution in [2.75, 3.05) is 18.5 Å². The van der Waals surface area contributed by atoms with E-state index in [1.807, 2.05) is 20.8 Å². The molecule has 6 heteroatoms. The predicted octanol–water partition coefficient (Wildman–Crippen LogP) is 2.81. The van der Waals surface area contributed by atoms with E-state index < -0.39 is 4.92 Å². The Hall–Kier alpha value is -1.82. The smallest absolute Gasteiger partial charge is 0.275 e. The van der Waals surface area contributed by atoms with Gasteiger partial charge < -0.3 is 15.2 Å². The second kappa shape index (κ2) is 7.69. The molecule has 0 saturated carbocycles. The van der Waals surface area contributed by atoms with Crippen LogP contribution in [0.5, 0.6) is 5.75 Å². The summed E-state index contributed by atoms with van der Waals surface area (Å²) < 4.78 is 5.46. The van der Waals surface area contributed by atoms with Gasteiger partial charge in [-0.3, -0.25) is 10.1 Å². The molecule has 0 aliphatic carbocycles. The van der Waals surface area contributed by atoms with Crippen LogP contribution in [0.2, 0.25) is 0 Å². The number of nitro benzene ring substituents is 1. The lowest BCUT2D eigenvalue weighted by atomic mass is 10.0. The highest BCUT2D eigenvalue weighted by Crippen LogP contribution is 2.27. The Bertz CT molecular complexity index is 451. The first-order chi connectivity index (χ1) is 9.47. The molecule has 0 fully saturated rings. The van der Waals surface area contributed by atoms with Gasteiger partial charge >= 0.3 is 0 Å². The zero-order valence-corrected chi connectivity index (χ0v) is 12.1. The first-order valence-corrected chi connectivity index (χ1v) is 6.77. The maximum absolute atomic E-state index is 10.9. The average molecular weight is 282 g/mol. The molecule has 20 heavy (non-hydrogen) atoms. The molecule has 0 spiro atoms. The number of nitro groups is 1. The van der Waals surface area contributed by atoms with Crippen molar-refractivity contribution >= 4 is 11.4 Å². The number of aliphatic hydroxyl groups excluding tert-OH is 1. The van der Waals surface area contributed by atoms with Gasteiger partial charge in [-0.1, -0.05) is 13.8 Å². The number of rotatable bonds is 8. The van der Waals surface area contributed by atoms with E-state index in [0.717, 1.165) is 6.42 Å². The second-order valence-electron chi connectivity index (χ2n) is 4.91. The van der Waals surface area contributed by atoms with Gasteiger partial charge in [0.15, 0.2) is 0 Å². The van der Waals surface area contributed by atoms with Crippen LogP contribution in [-0.4, -0.2) is 29.3 Å². The first-order valence-electron chi connectivity index (χ1n) is 6.77. The predicted molar refractivity (Wildman–Crippen MR) is 78.2 cm³/mol. The normalized spacial score (nSPS) is 13.6. The number of aliphatic hydroxyl groups is 1. The fraction of sp³-hybridized carbons (Fsp3) is 0.571. The van der Waals surface area contributed by atoms with Crippen molar-refractivity contribution in [1.29, 1.82) is 0 Å². The van der Waals surface area contributed by atoms with Crippen LogP contribution in [0.1, 0.15) is 27.2 Å². The largest absolute Gasteiger partial charge is 0.493 e. The maximum Gasteiger partial charge on any atom is 0.275 e. The van der Waals surface area contributed by atoms with Crippen molar-refractivity contribution < 1.29 is 14.8 Å². The molecule has 112 valence electrons. The highest BCUT2D eigenvalue weighted by molar-refractivity contribution is 5.56. The van der Waals surface area contributed by atoms with Gasteiger partial charge in [-0.2, -0.15) is 0 Å². The third-order valence-corrected chi connectivity index (χ3v) is 3.11. The van der Waals surface area contributed by atoms with Crippen molar-refractivity contribution in [3.05, 3.63) is 28.3 Å². The molecular weight excluding hydrogens is 260 g/mol. The summed E-state index contributed by atoms with van der Waals surface area (Å²) in [6.45, 7) is 6.38. The fourth-order valence-corrected chi connectivity index (χ4v) is 1.64. The Morgan fingerprint density at radius 1 is 1.40 bits per heavy atom. The van der Waals surface area contributed by atoms with Gasteiger partial charge in [0.1, 0.15) is 5.75 Å². The van der Waals surface area contributed by atoms with Crippen molar-refractivity contribution in [3.8, 4) is 5.75 Å². The lowest BCUT2D eigenvalue weighted by Crippen LogP contribution is -2.26. The summed E-state index contributed by atoms with van der Waals surface area (Å²) in [5, 5.41) is 23.2. The van der Waals surface area contributed by atoms with Crippen LogP contribution in [-0.2, 0) is 0 Å². The van der Waals surface area contributed by atoms with Gasteiger partial charge in [-0.25, -0.2) is 0 Å². The number of benzene rings is 1. The molecule has 0 radical (unpaired) electrons. The number of hydrogen-bond acceptors (Lipinski definition) is 5. The van der Waals surface area contributed by atoms with Gasteiger partial charge in [-0.05, 0) is 19.3 Å². The quantitative estimate of drug-likeness (QED) is 0.565. The molecular formula is C14H22N2O4. The Kier molecular flexibility index (Phi) is 6.24. The van der Waals surface area contributed by atoms with E-state index in [0.29, 0.717) is 18.0 Å². The molecule has 0 heterocycles. The van der Waals surface area contributed by atoms with Gasteiger partial charge in [0.25, 0.3) is 5.69 Å². The lowest BCUT2D eigenvalue weighted by Gasteiger charge is -2.20. The van der Waals surface area contributed by atoms with E-state index in [1.54, 1.807) is 6.07 Å². The summed E-state index contributed by atoms with van der Waals surface area (Å²) in [6.07, 6.45) is 0.837. The van der Waals surface area contributed by atoms with Gasteiger partial charge in [0.05, 0.1) is 17.6 Å². The van der Waals surface area contributed by atoms with E-state index in [1.165, 1.54) is 12.1 Å². The van der Waals surface area contributed by atoms with Crippen LogP contribution in [0.4, 0.5) is 11.4 Å². The number of hydrogen-bond donors (Lipinski definition) is 2. The zero-order chi connectivity index (χ0) is 15.1. The zero-order valence-electron chi connectivity index (χ0n) is 12.1. The third kappa shape index (κ3) is 4.70. The number of nitrogens with zero attached hydrogens (tertiary/aromatic N) is 1. The molecule has 2 atom stereocenters. The Balaban J connectivity index is 2.93. The maximum atomic E-state index is 10.9. The average Bonchev–Trinajstić information content (AvgIpc) is 2.43. The van der Waals surface area contributed by atoms with Crippen LogP contribution in [0.15, 0.2) is 18.2 Å². The van der Waals surface area contributed by atoms with E-state index in [-0.39, 0.29) is 24.3 Å². The number of anilines is 1. The van der Waals surface area contributed by atoms with Crippen LogP contribution in [0.3, 0.4) is 0 Å². The molecule has 2 N–H and O–H groups in total. The standard InChI is InChI=1S/C14H22N2O4/c1-4-5-20-14-7-12(6-13(8-14)16(18)19)15-11(3)10(2)9-17/h6-8,10-11,15,17H,4-5,9H2,1-3H3. The minimum Gasteiger partial charge on any atom is -0.493 e. The first kappa shape index (κ1) is 16.2. The van der Waals surface area contributed by atoms with Gasteiger partial charge in [0, 0.05) is 30.5 Å². The van der Waals surface area contributed by atoms with E-state index >= 15 is 0 Å². The molecule has 6 nitrogen and oxygen atoms in total. The molecule has 1 rings (SSSR count). The van der Waals surface area contributed by atoms with E-state index in [4.69, 9.17) is 9.84 Å². The molecule has 0 amide bonds. The molecule has 1 aromatic rings. The Morgan fingerprint density at radius 3 is 2.65 bits per heavy atom. The highest BCUT2D eigenvalue weighted by atomic mass is 16.6. The molecule has 0 bridgehead atoms. The minimum atomic E-state index is -0.440. The summed E-state index contributed by atoms with van der Waals surface area (Å²) in [6, 6.07) is 4.63. The van der Waals surface area contributed by atoms with Crippen LogP contribution < -0.4 is 10.1 Å². The number of ether oxygens (including phenoxy) is 1. The Morgan fingerprint density at radius 2 is 2.10 bits per heavy atom. The Labute approximate surface area is 118 Å². The summed E-state index contributed by atoms with van der Waals surface area (Å²) >= 11 is 0. The summed E-state index contributed by atoms with van der Waals surface area (Å²) in [5.41, 5.74) is 0.614. The van der Waals surface area contributed by atoms with Crippen molar-refractivity contribution in [2.24, 2.45) is 5.92 Å². The molecule has 0 aliphatic heterocycles. The number of nitrogens with one attached hydrogen (secondary N) is 1. The summed E-state index contributed by atoms with van der Waals surface area (Å²) in [5.74, 6) is 0.529. The van der Waals surface area contributed by atoms with E-state index in [2.05, 4.69) is 5.32 Å². The summed E-state index contributed by atoms with van der Waals surface area (Å²) in [7, 11) is 0. The van der Waals surface area contributed by atoms with Crippen LogP contribution in [0.25, 0.3) is 0 Å². The highest BCUT2D eigenvalue weighted by Gasteiger charge is 2.15. The molecule has 0 aromatic heterocycles. The summed E-state index contributed by atoms with van der Waals surface area (Å²) in [4.78, 5) is 10.5. The van der Waals surface area contributed by atoms with Crippen molar-refractivity contribution in [2.45, 2.75) is 33.2 Å². The third-order valence-electron chi connectivity index (χ3n) is 3.11. The SMILES string of the molecule is CCCOc1cc(NC(C)C(C)CO)cc([N+](=O)[O-])c1. The van der Waals surface area contributed by atoms with E-state index in [9.17, 15) is 10.1 Å². The monoisotopic (exact) mass is 282 g/mol.